The van der Waals surface area contributed by atoms with Crippen molar-refractivity contribution in [3.05, 3.63) is 35.5 Å². The Morgan fingerprint density at radius 1 is 1.38 bits per heavy atom. The summed E-state index contributed by atoms with van der Waals surface area (Å²) >= 11 is 0. The predicted octanol–water partition coefficient (Wildman–Crippen LogP) is 2.45. The molecule has 21 heavy (non-hydrogen) atoms. The van der Waals surface area contributed by atoms with E-state index < -0.39 is 5.97 Å². The van der Waals surface area contributed by atoms with E-state index in [9.17, 15) is 4.79 Å². The molecule has 6 nitrogen and oxygen atoms in total. The summed E-state index contributed by atoms with van der Waals surface area (Å²) in [5, 5.41) is 18.2. The van der Waals surface area contributed by atoms with Gasteiger partial charge in [-0.15, -0.1) is 5.10 Å². The third kappa shape index (κ3) is 3.39. The van der Waals surface area contributed by atoms with Crippen LogP contribution in [0.4, 0.5) is 0 Å². The largest absolute Gasteiger partial charge is 0.476 e. The number of nitrogens with one attached hydrogen (secondary N) is 1. The molecule has 1 aliphatic rings. The molecule has 3 rings (SSSR count). The van der Waals surface area contributed by atoms with E-state index >= 15 is 0 Å². The fourth-order valence-electron chi connectivity index (χ4n) is 1.77. The fourth-order valence-corrected chi connectivity index (χ4v) is 1.77. The van der Waals surface area contributed by atoms with E-state index in [-0.39, 0.29) is 11.6 Å². The van der Waals surface area contributed by atoms with Crippen LogP contribution in [0.5, 0.6) is 11.6 Å². The molecule has 1 heterocycles. The second-order valence-corrected chi connectivity index (χ2v) is 4.87. The first-order valence-electron chi connectivity index (χ1n) is 6.63. The van der Waals surface area contributed by atoms with E-state index in [2.05, 4.69) is 27.3 Å². The summed E-state index contributed by atoms with van der Waals surface area (Å²) in [5.74, 6) is 6.36. The van der Waals surface area contributed by atoms with Crippen molar-refractivity contribution in [1.82, 2.24) is 15.4 Å². The summed E-state index contributed by atoms with van der Waals surface area (Å²) in [7, 11) is 0. The van der Waals surface area contributed by atoms with Gasteiger partial charge in [0.15, 0.2) is 0 Å². The molecule has 1 fully saturated rings. The normalized spacial score (nSPS) is 13.3. The number of carboxylic acid groups (broad SMARTS) is 1. The lowest BCUT2D eigenvalue weighted by Gasteiger charge is -2.02. The maximum absolute atomic E-state index is 10.9. The Balaban J connectivity index is 1.67. The second kappa shape index (κ2) is 5.67. The number of carboxylic acids is 1. The van der Waals surface area contributed by atoms with Gasteiger partial charge < -0.3 is 9.84 Å². The summed E-state index contributed by atoms with van der Waals surface area (Å²) in [5.41, 5.74) is 0.660. The van der Waals surface area contributed by atoms with Crippen molar-refractivity contribution in [2.45, 2.75) is 19.3 Å². The topological polar surface area (TPSA) is 88.1 Å². The van der Waals surface area contributed by atoms with Gasteiger partial charge in [0.25, 0.3) is 5.88 Å². The van der Waals surface area contributed by atoms with E-state index in [1.807, 2.05) is 12.1 Å². The summed E-state index contributed by atoms with van der Waals surface area (Å²) < 4.78 is 5.41. The Bertz CT molecular complexity index is 706. The van der Waals surface area contributed by atoms with Crippen LogP contribution in [0.3, 0.4) is 0 Å². The molecule has 1 aliphatic carbocycles. The molecule has 106 valence electrons. The molecule has 0 aliphatic heterocycles. The number of nitrogens with zero attached hydrogens (tertiary/aromatic N) is 2. The van der Waals surface area contributed by atoms with Crippen molar-refractivity contribution in [3.63, 3.8) is 0 Å². The second-order valence-electron chi connectivity index (χ2n) is 4.87. The summed E-state index contributed by atoms with van der Waals surface area (Å²) in [4.78, 5) is 10.9. The van der Waals surface area contributed by atoms with Gasteiger partial charge in [-0.3, -0.25) is 0 Å². The average Bonchev–Trinajstić information content (AvgIpc) is 3.17. The molecular formula is C15H13N3O3. The van der Waals surface area contributed by atoms with Crippen LogP contribution in [0.15, 0.2) is 24.3 Å². The zero-order valence-corrected chi connectivity index (χ0v) is 11.2. The average molecular weight is 283 g/mol. The molecule has 1 saturated carbocycles. The molecule has 0 saturated heterocycles. The minimum atomic E-state index is -1.19. The molecule has 2 aromatic rings. The summed E-state index contributed by atoms with van der Waals surface area (Å²) in [6, 6.07) is 7.13. The molecular weight excluding hydrogens is 270 g/mol. The van der Waals surface area contributed by atoms with Gasteiger partial charge in [-0.1, -0.05) is 17.1 Å². The van der Waals surface area contributed by atoms with Crippen LogP contribution in [-0.4, -0.2) is 26.5 Å². The molecule has 0 bridgehead atoms. The number of aromatic carboxylic acids is 1. The Morgan fingerprint density at radius 2 is 2.14 bits per heavy atom. The van der Waals surface area contributed by atoms with E-state index in [4.69, 9.17) is 9.84 Å². The number of benzene rings is 1. The molecule has 0 spiro atoms. The van der Waals surface area contributed by atoms with Gasteiger partial charge in [0.2, 0.25) is 5.69 Å². The third-order valence-corrected chi connectivity index (χ3v) is 3.11. The van der Waals surface area contributed by atoms with E-state index in [0.717, 1.165) is 17.9 Å². The fraction of sp³-hybridized carbons (Fsp3) is 0.267. The molecule has 0 amide bonds. The van der Waals surface area contributed by atoms with Crippen molar-refractivity contribution in [2.24, 2.45) is 5.92 Å². The minimum Gasteiger partial charge on any atom is -0.476 e. The first kappa shape index (κ1) is 13.2. The Hall–Kier alpha value is -2.81. The van der Waals surface area contributed by atoms with E-state index in [1.165, 1.54) is 12.8 Å². The van der Waals surface area contributed by atoms with Crippen LogP contribution < -0.4 is 4.74 Å². The quantitative estimate of drug-likeness (QED) is 0.841. The third-order valence-electron chi connectivity index (χ3n) is 3.11. The van der Waals surface area contributed by atoms with Crippen molar-refractivity contribution in [3.8, 4) is 23.5 Å². The standard InChI is InChI=1S/C15H13N3O3/c19-15(20)13-14(17-18-16-13)21-12-8-6-11(7-9-12)3-1-2-10-4-5-10/h6-10H,2,4-5H2,(H,19,20)(H,16,17,18). The number of hydrogen-bond donors (Lipinski definition) is 2. The number of H-pyrrole nitrogens is 1. The van der Waals surface area contributed by atoms with Gasteiger partial charge in [-0.05, 0) is 43.0 Å². The SMILES string of the molecule is O=C(O)c1nn[nH]c1Oc1ccc(C#CCC2CC2)cc1. The first-order chi connectivity index (χ1) is 10.2. The van der Waals surface area contributed by atoms with Crippen molar-refractivity contribution < 1.29 is 14.6 Å². The highest BCUT2D eigenvalue weighted by Gasteiger charge is 2.19. The highest BCUT2D eigenvalue weighted by atomic mass is 16.5. The van der Waals surface area contributed by atoms with Gasteiger partial charge >= 0.3 is 5.97 Å². The van der Waals surface area contributed by atoms with Gasteiger partial charge in [-0.2, -0.15) is 0 Å². The molecule has 1 aromatic carbocycles. The highest BCUT2D eigenvalue weighted by Crippen LogP contribution is 2.31. The molecule has 0 unspecified atom stereocenters. The van der Waals surface area contributed by atoms with E-state index in [0.29, 0.717) is 5.75 Å². The molecule has 6 heteroatoms. The van der Waals surface area contributed by atoms with Gasteiger partial charge in [0, 0.05) is 12.0 Å². The van der Waals surface area contributed by atoms with Crippen molar-refractivity contribution in [1.29, 1.82) is 0 Å². The first-order valence-corrected chi connectivity index (χ1v) is 6.63. The van der Waals surface area contributed by atoms with Crippen molar-refractivity contribution in [2.75, 3.05) is 0 Å². The van der Waals surface area contributed by atoms with Crippen molar-refractivity contribution >= 4 is 5.97 Å². The monoisotopic (exact) mass is 283 g/mol. The van der Waals surface area contributed by atoms with Crippen LogP contribution in [0, 0.1) is 17.8 Å². The number of carbonyl (C=O) groups is 1. The number of hydrogen-bond acceptors (Lipinski definition) is 4. The lowest BCUT2D eigenvalue weighted by Crippen LogP contribution is -1.99. The van der Waals surface area contributed by atoms with Crippen LogP contribution in [0.1, 0.15) is 35.3 Å². The predicted molar refractivity (Wildman–Crippen MR) is 74.1 cm³/mol. The van der Waals surface area contributed by atoms with Crippen LogP contribution in [0.25, 0.3) is 0 Å². The Morgan fingerprint density at radius 3 is 2.81 bits per heavy atom. The Labute approximate surface area is 121 Å². The minimum absolute atomic E-state index is 0.00932. The lowest BCUT2D eigenvalue weighted by atomic mass is 10.2. The maximum atomic E-state index is 10.9. The zero-order valence-electron chi connectivity index (χ0n) is 11.2. The number of aromatic nitrogens is 3. The van der Waals surface area contributed by atoms with Gasteiger partial charge in [0.1, 0.15) is 5.75 Å². The maximum Gasteiger partial charge on any atom is 0.362 e. The number of aromatic amines is 1. The molecule has 0 radical (unpaired) electrons. The summed E-state index contributed by atoms with van der Waals surface area (Å²) in [6.07, 6.45) is 3.55. The smallest absolute Gasteiger partial charge is 0.362 e. The van der Waals surface area contributed by atoms with Crippen LogP contribution in [0.2, 0.25) is 0 Å². The summed E-state index contributed by atoms with van der Waals surface area (Å²) in [6.45, 7) is 0. The molecule has 0 atom stereocenters. The van der Waals surface area contributed by atoms with Crippen LogP contribution >= 0.6 is 0 Å². The van der Waals surface area contributed by atoms with E-state index in [1.54, 1.807) is 12.1 Å². The number of ether oxygens (including phenoxy) is 1. The Kier molecular flexibility index (Phi) is 3.56. The molecule has 2 N–H and O–H groups in total. The van der Waals surface area contributed by atoms with Gasteiger partial charge in [-0.25, -0.2) is 9.89 Å². The number of rotatable bonds is 4. The molecule has 1 aromatic heterocycles. The lowest BCUT2D eigenvalue weighted by molar-refractivity contribution is 0.0687. The zero-order chi connectivity index (χ0) is 14.7. The van der Waals surface area contributed by atoms with Gasteiger partial charge in [0.05, 0.1) is 0 Å². The highest BCUT2D eigenvalue weighted by molar-refractivity contribution is 5.87. The van der Waals surface area contributed by atoms with Crippen LogP contribution in [-0.2, 0) is 0 Å².